The van der Waals surface area contributed by atoms with Crippen molar-refractivity contribution < 1.29 is 0 Å². The largest absolute Gasteiger partial charge is 0.336 e. The number of rotatable bonds is 2. The molecule has 3 heterocycles. The monoisotopic (exact) mass is 350 g/mol. The second kappa shape index (κ2) is 6.07. The summed E-state index contributed by atoms with van der Waals surface area (Å²) >= 11 is 1.95. The van der Waals surface area contributed by atoms with E-state index in [2.05, 4.69) is 66.2 Å². The van der Waals surface area contributed by atoms with E-state index in [9.17, 15) is 0 Å². The van der Waals surface area contributed by atoms with Crippen LogP contribution in [0.2, 0.25) is 0 Å². The first-order chi connectivity index (χ1) is 12.2. The van der Waals surface area contributed by atoms with Gasteiger partial charge in [0.1, 0.15) is 0 Å². The highest BCUT2D eigenvalue weighted by Crippen LogP contribution is 2.51. The summed E-state index contributed by atoms with van der Waals surface area (Å²) in [4.78, 5) is 8.17. The van der Waals surface area contributed by atoms with Crippen molar-refractivity contribution in [1.29, 1.82) is 0 Å². The van der Waals surface area contributed by atoms with Crippen LogP contribution >= 0.6 is 11.8 Å². The number of para-hydroxylation sites is 1. The van der Waals surface area contributed by atoms with Crippen LogP contribution in [-0.4, -0.2) is 30.1 Å². The molecular weight excluding hydrogens is 324 g/mol. The third-order valence-corrected chi connectivity index (χ3v) is 7.59. The van der Waals surface area contributed by atoms with E-state index in [-0.39, 0.29) is 0 Å². The second-order valence-corrected chi connectivity index (χ2v) is 8.85. The summed E-state index contributed by atoms with van der Waals surface area (Å²) in [7, 11) is 2.33. The molecule has 25 heavy (non-hydrogen) atoms. The first kappa shape index (κ1) is 15.8. The van der Waals surface area contributed by atoms with E-state index < -0.39 is 0 Å². The van der Waals surface area contributed by atoms with Crippen LogP contribution < -0.4 is 4.90 Å². The van der Waals surface area contributed by atoms with E-state index in [1.54, 1.807) is 0 Å². The summed E-state index contributed by atoms with van der Waals surface area (Å²) in [5.74, 6) is 0. The molecule has 2 fully saturated rings. The SMILES string of the molecule is CCc1ccc2c(c1)Sc1ccccc1N2C1CC2CCC(C1)N2C. The summed E-state index contributed by atoms with van der Waals surface area (Å²) in [6, 6.07) is 18.2. The second-order valence-electron chi connectivity index (χ2n) is 7.77. The van der Waals surface area contributed by atoms with E-state index in [4.69, 9.17) is 0 Å². The van der Waals surface area contributed by atoms with Crippen LogP contribution in [0.1, 0.15) is 38.2 Å². The van der Waals surface area contributed by atoms with E-state index in [0.717, 1.165) is 18.5 Å². The van der Waals surface area contributed by atoms with Crippen molar-refractivity contribution >= 4 is 23.1 Å². The van der Waals surface area contributed by atoms with Gasteiger partial charge in [-0.3, -0.25) is 0 Å². The maximum Gasteiger partial charge on any atom is 0.0555 e. The number of aryl methyl sites for hydroxylation is 1. The van der Waals surface area contributed by atoms with Crippen molar-refractivity contribution in [2.45, 2.75) is 66.9 Å². The number of hydrogen-bond donors (Lipinski definition) is 0. The molecule has 0 radical (unpaired) electrons. The minimum Gasteiger partial charge on any atom is -0.336 e. The molecule has 0 spiro atoms. The Bertz CT molecular complexity index is 788. The van der Waals surface area contributed by atoms with Crippen LogP contribution in [0.4, 0.5) is 11.4 Å². The smallest absolute Gasteiger partial charge is 0.0555 e. The lowest BCUT2D eigenvalue weighted by atomic mass is 9.95. The predicted molar refractivity (Wildman–Crippen MR) is 106 cm³/mol. The van der Waals surface area contributed by atoms with Crippen molar-refractivity contribution in [2.24, 2.45) is 0 Å². The highest BCUT2D eigenvalue weighted by molar-refractivity contribution is 7.99. The van der Waals surface area contributed by atoms with Crippen LogP contribution in [0, 0.1) is 0 Å². The third kappa shape index (κ3) is 2.51. The van der Waals surface area contributed by atoms with Gasteiger partial charge in [0, 0.05) is 27.9 Å². The average Bonchev–Trinajstić information content (AvgIpc) is 2.85. The lowest BCUT2D eigenvalue weighted by Gasteiger charge is -2.45. The summed E-state index contributed by atoms with van der Waals surface area (Å²) in [6.45, 7) is 2.25. The Labute approximate surface area is 155 Å². The van der Waals surface area contributed by atoms with E-state index in [1.165, 1.54) is 52.4 Å². The molecule has 5 rings (SSSR count). The van der Waals surface area contributed by atoms with Crippen molar-refractivity contribution in [3.63, 3.8) is 0 Å². The number of anilines is 2. The Morgan fingerprint density at radius 3 is 2.40 bits per heavy atom. The lowest BCUT2D eigenvalue weighted by molar-refractivity contribution is 0.162. The fourth-order valence-electron chi connectivity index (χ4n) is 5.04. The maximum atomic E-state index is 2.68. The summed E-state index contributed by atoms with van der Waals surface area (Å²) in [5, 5.41) is 0. The lowest BCUT2D eigenvalue weighted by Crippen LogP contribution is -2.48. The molecule has 2 nitrogen and oxygen atoms in total. The number of benzene rings is 2. The predicted octanol–water partition coefficient (Wildman–Crippen LogP) is 5.48. The molecule has 2 saturated heterocycles. The number of piperidine rings is 1. The van der Waals surface area contributed by atoms with Gasteiger partial charge >= 0.3 is 0 Å². The number of nitrogens with zero attached hydrogens (tertiary/aromatic N) is 2. The standard InChI is InChI=1S/C22H26N2S/c1-3-15-8-11-20-22(12-15)25-21-7-5-4-6-19(21)24(20)18-13-16-9-10-17(14-18)23(16)2/h4-8,11-12,16-18H,3,9-10,13-14H2,1-2H3. The van der Waals surface area contributed by atoms with Gasteiger partial charge in [-0.2, -0.15) is 0 Å². The minimum absolute atomic E-state index is 0.627. The Balaban J connectivity index is 1.59. The molecule has 130 valence electrons. The summed E-state index contributed by atoms with van der Waals surface area (Å²) < 4.78 is 0. The van der Waals surface area contributed by atoms with Gasteiger partial charge in [-0.15, -0.1) is 0 Å². The van der Waals surface area contributed by atoms with Crippen LogP contribution in [0.25, 0.3) is 0 Å². The fraction of sp³-hybridized carbons (Fsp3) is 0.455. The Morgan fingerprint density at radius 1 is 0.920 bits per heavy atom. The van der Waals surface area contributed by atoms with Gasteiger partial charge in [-0.25, -0.2) is 0 Å². The van der Waals surface area contributed by atoms with Crippen LogP contribution in [-0.2, 0) is 6.42 Å². The maximum absolute atomic E-state index is 2.68. The van der Waals surface area contributed by atoms with Gasteiger partial charge in [0.2, 0.25) is 0 Å². The molecule has 3 aliphatic rings. The highest BCUT2D eigenvalue weighted by atomic mass is 32.2. The van der Waals surface area contributed by atoms with Crippen LogP contribution in [0.3, 0.4) is 0 Å². The molecule has 0 N–H and O–H groups in total. The van der Waals surface area contributed by atoms with Crippen LogP contribution in [0.5, 0.6) is 0 Å². The van der Waals surface area contributed by atoms with E-state index in [1.807, 2.05) is 11.8 Å². The molecule has 0 amide bonds. The zero-order valence-electron chi connectivity index (χ0n) is 15.1. The summed E-state index contributed by atoms with van der Waals surface area (Å²) in [5.41, 5.74) is 4.28. The number of hydrogen-bond acceptors (Lipinski definition) is 3. The zero-order chi connectivity index (χ0) is 17.0. The van der Waals surface area contributed by atoms with Gasteiger partial charge in [0.25, 0.3) is 0 Å². The quantitative estimate of drug-likeness (QED) is 0.708. The van der Waals surface area contributed by atoms with Crippen molar-refractivity contribution in [2.75, 3.05) is 11.9 Å². The first-order valence-electron chi connectivity index (χ1n) is 9.65. The molecule has 2 atom stereocenters. The average molecular weight is 351 g/mol. The minimum atomic E-state index is 0.627. The van der Waals surface area contributed by atoms with Gasteiger partial charge in [0.15, 0.2) is 0 Å². The first-order valence-corrected chi connectivity index (χ1v) is 10.5. The summed E-state index contributed by atoms with van der Waals surface area (Å²) in [6.07, 6.45) is 6.45. The molecule has 0 aliphatic carbocycles. The van der Waals surface area contributed by atoms with Gasteiger partial charge in [0.05, 0.1) is 11.4 Å². The topological polar surface area (TPSA) is 6.48 Å². The van der Waals surface area contributed by atoms with E-state index >= 15 is 0 Å². The zero-order valence-corrected chi connectivity index (χ0v) is 15.9. The Kier molecular flexibility index (Phi) is 3.83. The highest BCUT2D eigenvalue weighted by Gasteiger charge is 2.42. The molecule has 2 bridgehead atoms. The van der Waals surface area contributed by atoms with Gasteiger partial charge < -0.3 is 9.80 Å². The third-order valence-electron chi connectivity index (χ3n) is 6.48. The van der Waals surface area contributed by atoms with Gasteiger partial charge in [-0.1, -0.05) is 36.9 Å². The fourth-order valence-corrected chi connectivity index (χ4v) is 6.17. The van der Waals surface area contributed by atoms with Crippen molar-refractivity contribution in [1.82, 2.24) is 4.90 Å². The molecule has 0 aromatic heterocycles. The van der Waals surface area contributed by atoms with Crippen LogP contribution in [0.15, 0.2) is 52.3 Å². The molecule has 2 unspecified atom stereocenters. The Morgan fingerprint density at radius 2 is 1.64 bits per heavy atom. The van der Waals surface area contributed by atoms with Crippen molar-refractivity contribution in [3.8, 4) is 0 Å². The molecule has 2 aromatic rings. The molecular formula is C22H26N2S. The normalized spacial score (nSPS) is 27.9. The molecule has 0 saturated carbocycles. The molecule has 3 aliphatic heterocycles. The number of fused-ring (bicyclic) bond motifs is 4. The van der Waals surface area contributed by atoms with Gasteiger partial charge in [-0.05, 0) is 69.0 Å². The molecule has 3 heteroatoms. The Hall–Kier alpha value is -1.45. The molecule has 2 aromatic carbocycles. The van der Waals surface area contributed by atoms with Crippen molar-refractivity contribution in [3.05, 3.63) is 48.0 Å². The van der Waals surface area contributed by atoms with E-state index in [0.29, 0.717) is 6.04 Å².